The highest BCUT2D eigenvalue weighted by molar-refractivity contribution is 6.31. The van der Waals surface area contributed by atoms with Crippen molar-refractivity contribution in [3.8, 4) is 11.4 Å². The molecule has 3 rings (SSSR count). The van der Waals surface area contributed by atoms with Crippen LogP contribution in [0.2, 0.25) is 5.02 Å². The number of aryl methyl sites for hydroxylation is 1. The Labute approximate surface area is 125 Å². The normalized spacial score (nSPS) is 17.3. The van der Waals surface area contributed by atoms with Crippen LogP contribution in [0.25, 0.3) is 11.4 Å². The zero-order chi connectivity index (χ0) is 15.0. The van der Waals surface area contributed by atoms with Crippen LogP contribution in [-0.4, -0.2) is 21.0 Å². The van der Waals surface area contributed by atoms with Gasteiger partial charge in [0.05, 0.1) is 10.9 Å². The molecule has 1 aliphatic carbocycles. The molecule has 0 saturated carbocycles. The molecule has 0 saturated heterocycles. The first-order valence-electron chi connectivity index (χ1n) is 6.57. The fourth-order valence-corrected chi connectivity index (χ4v) is 2.67. The lowest BCUT2D eigenvalue weighted by Crippen LogP contribution is -2.23. The Balaban J connectivity index is 1.93. The van der Waals surface area contributed by atoms with Crippen molar-refractivity contribution in [1.29, 1.82) is 0 Å². The summed E-state index contributed by atoms with van der Waals surface area (Å²) in [5.41, 5.74) is 2.37. The lowest BCUT2D eigenvalue weighted by atomic mass is 9.87. The SMILES string of the molecule is O=C(O)C1CCc2nc(-c3ccc(F)c(Cl)c3)ncc2C1. The zero-order valence-electron chi connectivity index (χ0n) is 11.0. The number of nitrogens with zero attached hydrogens (tertiary/aromatic N) is 2. The van der Waals surface area contributed by atoms with Gasteiger partial charge in [0, 0.05) is 17.5 Å². The van der Waals surface area contributed by atoms with Gasteiger partial charge in [-0.2, -0.15) is 0 Å². The first-order valence-corrected chi connectivity index (χ1v) is 6.95. The summed E-state index contributed by atoms with van der Waals surface area (Å²) < 4.78 is 13.2. The van der Waals surface area contributed by atoms with Crippen LogP contribution < -0.4 is 0 Å². The van der Waals surface area contributed by atoms with Crippen LogP contribution in [0.4, 0.5) is 4.39 Å². The van der Waals surface area contributed by atoms with Crippen LogP contribution in [-0.2, 0) is 17.6 Å². The van der Waals surface area contributed by atoms with Crippen LogP contribution in [0.1, 0.15) is 17.7 Å². The highest BCUT2D eigenvalue weighted by atomic mass is 35.5. The second kappa shape index (κ2) is 5.41. The van der Waals surface area contributed by atoms with E-state index in [0.29, 0.717) is 30.7 Å². The predicted molar refractivity (Wildman–Crippen MR) is 75.6 cm³/mol. The highest BCUT2D eigenvalue weighted by Crippen LogP contribution is 2.27. The van der Waals surface area contributed by atoms with Gasteiger partial charge in [-0.05, 0) is 43.0 Å². The lowest BCUT2D eigenvalue weighted by molar-refractivity contribution is -0.142. The quantitative estimate of drug-likeness (QED) is 0.926. The zero-order valence-corrected chi connectivity index (χ0v) is 11.8. The third kappa shape index (κ3) is 2.74. The average Bonchev–Trinajstić information content (AvgIpc) is 2.49. The van der Waals surface area contributed by atoms with Crippen LogP contribution in [0, 0.1) is 11.7 Å². The summed E-state index contributed by atoms with van der Waals surface area (Å²) in [5.74, 6) is -1.16. The van der Waals surface area contributed by atoms with E-state index in [-0.39, 0.29) is 10.9 Å². The second-order valence-electron chi connectivity index (χ2n) is 5.07. The Hall–Kier alpha value is -2.01. The Morgan fingerprint density at radius 3 is 2.95 bits per heavy atom. The molecule has 1 aromatic heterocycles. The number of carbonyl (C=O) groups is 1. The smallest absolute Gasteiger partial charge is 0.306 e. The van der Waals surface area contributed by atoms with Gasteiger partial charge in [-0.15, -0.1) is 0 Å². The number of halogens is 2. The van der Waals surface area contributed by atoms with Gasteiger partial charge in [0.15, 0.2) is 5.82 Å². The van der Waals surface area contributed by atoms with E-state index in [1.54, 1.807) is 12.3 Å². The number of benzene rings is 1. The van der Waals surface area contributed by atoms with E-state index >= 15 is 0 Å². The van der Waals surface area contributed by atoms with Gasteiger partial charge in [0.1, 0.15) is 5.82 Å². The summed E-state index contributed by atoms with van der Waals surface area (Å²) >= 11 is 5.77. The van der Waals surface area contributed by atoms with E-state index in [1.165, 1.54) is 12.1 Å². The number of carboxylic acids is 1. The summed E-state index contributed by atoms with van der Waals surface area (Å²) in [4.78, 5) is 19.7. The van der Waals surface area contributed by atoms with Gasteiger partial charge in [-0.3, -0.25) is 4.79 Å². The molecule has 1 heterocycles. The molecule has 21 heavy (non-hydrogen) atoms. The van der Waals surface area contributed by atoms with E-state index in [1.807, 2.05) is 0 Å². The molecule has 1 aliphatic rings. The maximum atomic E-state index is 13.2. The minimum absolute atomic E-state index is 0.0276. The van der Waals surface area contributed by atoms with E-state index in [0.717, 1.165) is 11.3 Å². The summed E-state index contributed by atoms with van der Waals surface area (Å²) in [6, 6.07) is 4.34. The molecule has 0 spiro atoms. The van der Waals surface area contributed by atoms with E-state index < -0.39 is 11.8 Å². The van der Waals surface area contributed by atoms with Crippen molar-refractivity contribution in [3.63, 3.8) is 0 Å². The number of hydrogen-bond acceptors (Lipinski definition) is 3. The summed E-state index contributed by atoms with van der Waals surface area (Å²) in [7, 11) is 0. The largest absolute Gasteiger partial charge is 0.481 e. The van der Waals surface area contributed by atoms with E-state index in [2.05, 4.69) is 9.97 Å². The highest BCUT2D eigenvalue weighted by Gasteiger charge is 2.25. The third-order valence-electron chi connectivity index (χ3n) is 3.68. The molecular weight excluding hydrogens is 295 g/mol. The molecule has 108 valence electrons. The minimum Gasteiger partial charge on any atom is -0.481 e. The Morgan fingerprint density at radius 2 is 2.24 bits per heavy atom. The van der Waals surface area contributed by atoms with Crippen molar-refractivity contribution in [2.24, 2.45) is 5.92 Å². The van der Waals surface area contributed by atoms with Gasteiger partial charge in [-0.25, -0.2) is 14.4 Å². The van der Waals surface area contributed by atoms with Crippen molar-refractivity contribution < 1.29 is 14.3 Å². The number of aromatic nitrogens is 2. The first-order chi connectivity index (χ1) is 10.0. The maximum Gasteiger partial charge on any atom is 0.306 e. The molecule has 1 unspecified atom stereocenters. The molecule has 2 aromatic rings. The number of carboxylic acid groups (broad SMARTS) is 1. The number of hydrogen-bond donors (Lipinski definition) is 1. The van der Waals surface area contributed by atoms with Crippen LogP contribution in [0.15, 0.2) is 24.4 Å². The molecule has 0 radical (unpaired) electrons. The Bertz CT molecular complexity index is 721. The Kier molecular flexibility index (Phi) is 3.59. The predicted octanol–water partition coefficient (Wildman–Crippen LogP) is 3.13. The lowest BCUT2D eigenvalue weighted by Gasteiger charge is -2.20. The maximum absolute atomic E-state index is 13.2. The minimum atomic E-state index is -0.782. The molecule has 0 amide bonds. The first kappa shape index (κ1) is 13.9. The number of aliphatic carboxylic acids is 1. The van der Waals surface area contributed by atoms with Gasteiger partial charge >= 0.3 is 5.97 Å². The van der Waals surface area contributed by atoms with Crippen molar-refractivity contribution in [3.05, 3.63) is 46.5 Å². The summed E-state index contributed by atoms with van der Waals surface area (Å²) in [6.45, 7) is 0. The molecule has 6 heteroatoms. The van der Waals surface area contributed by atoms with Crippen molar-refractivity contribution in [2.45, 2.75) is 19.3 Å². The van der Waals surface area contributed by atoms with Crippen molar-refractivity contribution in [2.75, 3.05) is 0 Å². The van der Waals surface area contributed by atoms with Crippen LogP contribution >= 0.6 is 11.6 Å². The molecule has 0 fully saturated rings. The topological polar surface area (TPSA) is 63.1 Å². The van der Waals surface area contributed by atoms with Crippen molar-refractivity contribution >= 4 is 17.6 Å². The fourth-order valence-electron chi connectivity index (χ4n) is 2.49. The standard InChI is InChI=1S/C15H12ClFN2O2/c16-11-6-8(1-3-12(11)17)14-18-7-10-5-9(15(20)21)2-4-13(10)19-14/h1,3,6-7,9H,2,4-5H2,(H,20,21). The molecule has 1 aromatic carbocycles. The average molecular weight is 307 g/mol. The molecule has 0 aliphatic heterocycles. The molecule has 4 nitrogen and oxygen atoms in total. The van der Waals surface area contributed by atoms with Crippen LogP contribution in [0.3, 0.4) is 0 Å². The fraction of sp³-hybridized carbons (Fsp3) is 0.267. The Morgan fingerprint density at radius 1 is 1.43 bits per heavy atom. The van der Waals surface area contributed by atoms with Crippen molar-refractivity contribution in [1.82, 2.24) is 9.97 Å². The van der Waals surface area contributed by atoms with E-state index in [9.17, 15) is 9.18 Å². The third-order valence-corrected chi connectivity index (χ3v) is 3.97. The monoisotopic (exact) mass is 306 g/mol. The summed E-state index contributed by atoms with van der Waals surface area (Å²) in [5, 5.41) is 9.09. The molecule has 1 N–H and O–H groups in total. The second-order valence-corrected chi connectivity index (χ2v) is 5.48. The van der Waals surface area contributed by atoms with Gasteiger partial charge < -0.3 is 5.11 Å². The number of rotatable bonds is 2. The van der Waals surface area contributed by atoms with Gasteiger partial charge in [-0.1, -0.05) is 11.6 Å². The summed E-state index contributed by atoms with van der Waals surface area (Å²) in [6.07, 6.45) is 3.29. The molecular formula is C15H12ClFN2O2. The molecule has 1 atom stereocenters. The van der Waals surface area contributed by atoms with Gasteiger partial charge in [0.2, 0.25) is 0 Å². The van der Waals surface area contributed by atoms with Crippen LogP contribution in [0.5, 0.6) is 0 Å². The number of fused-ring (bicyclic) bond motifs is 1. The van der Waals surface area contributed by atoms with Gasteiger partial charge in [0.25, 0.3) is 0 Å². The van der Waals surface area contributed by atoms with E-state index in [4.69, 9.17) is 16.7 Å². The molecule has 0 bridgehead atoms.